The van der Waals surface area contributed by atoms with Gasteiger partial charge >= 0.3 is 0 Å². The van der Waals surface area contributed by atoms with Crippen molar-refractivity contribution in [2.75, 3.05) is 33.4 Å². The number of fused-ring (bicyclic) bond motifs is 1. The molecular weight excluding hydrogens is 276 g/mol. The number of methoxy groups -OCH3 is 1. The first-order valence-electron chi connectivity index (χ1n) is 8.53. The fraction of sp³-hybridized carbons (Fsp3) is 0.667. The maximum atomic E-state index is 6.15. The minimum atomic E-state index is 0.147. The highest BCUT2D eigenvalue weighted by Crippen LogP contribution is 2.42. The van der Waals surface area contributed by atoms with E-state index in [4.69, 9.17) is 15.2 Å². The zero-order chi connectivity index (χ0) is 15.4. The van der Waals surface area contributed by atoms with Crippen molar-refractivity contribution in [3.63, 3.8) is 0 Å². The molecule has 0 aliphatic carbocycles. The molecule has 0 saturated carbocycles. The van der Waals surface area contributed by atoms with Crippen LogP contribution in [0, 0.1) is 0 Å². The molecule has 4 nitrogen and oxygen atoms in total. The zero-order valence-corrected chi connectivity index (χ0v) is 13.6. The lowest BCUT2D eigenvalue weighted by Gasteiger charge is -2.49. The number of piperidine rings is 1. The van der Waals surface area contributed by atoms with Crippen molar-refractivity contribution >= 4 is 0 Å². The van der Waals surface area contributed by atoms with E-state index in [1.165, 1.54) is 37.8 Å². The maximum Gasteiger partial charge on any atom is 0.126 e. The second-order valence-corrected chi connectivity index (χ2v) is 6.57. The quantitative estimate of drug-likeness (QED) is 0.850. The Balaban J connectivity index is 1.82. The predicted octanol–water partition coefficient (Wildman–Crippen LogP) is 2.59. The van der Waals surface area contributed by atoms with Crippen LogP contribution in [0.5, 0.6) is 11.5 Å². The monoisotopic (exact) mass is 304 g/mol. The van der Waals surface area contributed by atoms with Gasteiger partial charge in [-0.05, 0) is 57.5 Å². The molecule has 4 heteroatoms. The third kappa shape index (κ3) is 2.95. The van der Waals surface area contributed by atoms with Gasteiger partial charge < -0.3 is 15.2 Å². The Hall–Kier alpha value is -1.26. The average Bonchev–Trinajstić information content (AvgIpc) is 2.56. The summed E-state index contributed by atoms with van der Waals surface area (Å²) in [5.41, 5.74) is 7.04. The molecule has 0 aromatic heterocycles. The molecule has 0 radical (unpaired) electrons. The van der Waals surface area contributed by atoms with Gasteiger partial charge in [-0.25, -0.2) is 0 Å². The summed E-state index contributed by atoms with van der Waals surface area (Å²) in [6.45, 7) is 3.90. The largest absolute Gasteiger partial charge is 0.496 e. The van der Waals surface area contributed by atoms with Crippen LogP contribution < -0.4 is 15.2 Å². The summed E-state index contributed by atoms with van der Waals surface area (Å²) in [4.78, 5) is 2.65. The Morgan fingerprint density at radius 2 is 2.23 bits per heavy atom. The minimum absolute atomic E-state index is 0.147. The lowest BCUT2D eigenvalue weighted by atomic mass is 9.79. The van der Waals surface area contributed by atoms with E-state index in [2.05, 4.69) is 11.0 Å². The van der Waals surface area contributed by atoms with Gasteiger partial charge in [-0.15, -0.1) is 0 Å². The van der Waals surface area contributed by atoms with Gasteiger partial charge in [-0.2, -0.15) is 0 Å². The van der Waals surface area contributed by atoms with Crippen LogP contribution in [-0.4, -0.2) is 43.8 Å². The lowest BCUT2D eigenvalue weighted by molar-refractivity contribution is -0.00532. The van der Waals surface area contributed by atoms with E-state index in [1.807, 2.05) is 12.1 Å². The van der Waals surface area contributed by atoms with E-state index >= 15 is 0 Å². The smallest absolute Gasteiger partial charge is 0.126 e. The summed E-state index contributed by atoms with van der Waals surface area (Å²) in [6.07, 6.45) is 7.12. The van der Waals surface area contributed by atoms with E-state index in [1.54, 1.807) is 7.11 Å². The number of likely N-dealkylation sites (tertiary alicyclic amines) is 1. The predicted molar refractivity (Wildman–Crippen MR) is 88.6 cm³/mol. The van der Waals surface area contributed by atoms with Crippen molar-refractivity contribution in [2.24, 2.45) is 5.73 Å². The van der Waals surface area contributed by atoms with Crippen molar-refractivity contribution in [1.29, 1.82) is 0 Å². The normalized spacial score (nSPS) is 24.8. The molecule has 1 unspecified atom stereocenters. The number of unbranched alkanes of at least 4 members (excludes halogenated alkanes) is 1. The molecule has 122 valence electrons. The van der Waals surface area contributed by atoms with E-state index in [0.29, 0.717) is 0 Å². The summed E-state index contributed by atoms with van der Waals surface area (Å²) >= 11 is 0. The highest BCUT2D eigenvalue weighted by molar-refractivity contribution is 5.47. The van der Waals surface area contributed by atoms with Crippen LogP contribution in [0.1, 0.15) is 37.7 Å². The molecule has 22 heavy (non-hydrogen) atoms. The van der Waals surface area contributed by atoms with Crippen LogP contribution in [0.4, 0.5) is 0 Å². The topological polar surface area (TPSA) is 47.7 Å². The van der Waals surface area contributed by atoms with Gasteiger partial charge in [0.15, 0.2) is 0 Å². The second-order valence-electron chi connectivity index (χ2n) is 6.57. The van der Waals surface area contributed by atoms with Gasteiger partial charge in [0.25, 0.3) is 0 Å². The standard InChI is InChI=1S/C18H28N2O2/c1-21-16-7-6-8-17-15(16)13-18(14-22-17)9-2-4-11-20(18)12-5-3-10-19/h6-8H,2-5,9-14,19H2,1H3. The number of ether oxygens (including phenoxy) is 2. The first-order valence-corrected chi connectivity index (χ1v) is 8.53. The Morgan fingerprint density at radius 3 is 3.05 bits per heavy atom. The molecule has 1 fully saturated rings. The van der Waals surface area contributed by atoms with Crippen LogP contribution in [0.25, 0.3) is 0 Å². The Labute approximate surface area is 133 Å². The van der Waals surface area contributed by atoms with Crippen molar-refractivity contribution in [1.82, 2.24) is 4.90 Å². The summed E-state index contributed by atoms with van der Waals surface area (Å²) in [5, 5.41) is 0. The van der Waals surface area contributed by atoms with Crippen molar-refractivity contribution in [2.45, 2.75) is 44.1 Å². The van der Waals surface area contributed by atoms with Gasteiger partial charge in [-0.3, -0.25) is 4.90 Å². The van der Waals surface area contributed by atoms with Crippen LogP contribution in [0.3, 0.4) is 0 Å². The fourth-order valence-electron chi connectivity index (χ4n) is 3.95. The minimum Gasteiger partial charge on any atom is -0.496 e. The van der Waals surface area contributed by atoms with E-state index in [-0.39, 0.29) is 5.54 Å². The Kier molecular flexibility index (Phi) is 4.89. The molecule has 1 spiro atoms. The van der Waals surface area contributed by atoms with Gasteiger partial charge in [0, 0.05) is 12.0 Å². The second kappa shape index (κ2) is 6.88. The summed E-state index contributed by atoms with van der Waals surface area (Å²) in [6, 6.07) is 6.12. The molecular formula is C18H28N2O2. The summed E-state index contributed by atoms with van der Waals surface area (Å²) in [5.74, 6) is 1.96. The SMILES string of the molecule is COc1cccc2c1CC1(CCCCN1CCCCN)CO2. The van der Waals surface area contributed by atoms with Gasteiger partial charge in [-0.1, -0.05) is 12.5 Å². The van der Waals surface area contributed by atoms with E-state index < -0.39 is 0 Å². The number of rotatable bonds is 5. The molecule has 2 N–H and O–H groups in total. The number of nitrogens with zero attached hydrogens (tertiary/aromatic N) is 1. The van der Waals surface area contributed by atoms with Crippen LogP contribution in [0.2, 0.25) is 0 Å². The third-order valence-corrected chi connectivity index (χ3v) is 5.19. The maximum absolute atomic E-state index is 6.15. The lowest BCUT2D eigenvalue weighted by Crippen LogP contribution is -2.58. The van der Waals surface area contributed by atoms with Crippen molar-refractivity contribution in [3.05, 3.63) is 23.8 Å². The highest BCUT2D eigenvalue weighted by atomic mass is 16.5. The molecule has 0 bridgehead atoms. The van der Waals surface area contributed by atoms with Gasteiger partial charge in [0.2, 0.25) is 0 Å². The molecule has 2 heterocycles. The molecule has 1 atom stereocenters. The van der Waals surface area contributed by atoms with Crippen molar-refractivity contribution in [3.8, 4) is 11.5 Å². The highest BCUT2D eigenvalue weighted by Gasteiger charge is 2.43. The fourth-order valence-corrected chi connectivity index (χ4v) is 3.95. The number of hydrogen-bond donors (Lipinski definition) is 1. The van der Waals surface area contributed by atoms with Crippen LogP contribution in [0.15, 0.2) is 18.2 Å². The Bertz CT molecular complexity index is 492. The average molecular weight is 304 g/mol. The van der Waals surface area contributed by atoms with E-state index in [0.717, 1.165) is 44.0 Å². The molecule has 0 amide bonds. The van der Waals surface area contributed by atoms with Crippen LogP contribution in [-0.2, 0) is 6.42 Å². The molecule has 3 rings (SSSR count). The number of benzene rings is 1. The van der Waals surface area contributed by atoms with Crippen molar-refractivity contribution < 1.29 is 9.47 Å². The first kappa shape index (κ1) is 15.6. The van der Waals surface area contributed by atoms with Gasteiger partial charge in [0.1, 0.15) is 18.1 Å². The third-order valence-electron chi connectivity index (χ3n) is 5.19. The molecule has 1 aromatic rings. The summed E-state index contributed by atoms with van der Waals surface area (Å²) in [7, 11) is 1.75. The molecule has 2 aliphatic rings. The molecule has 1 aromatic carbocycles. The number of nitrogens with two attached hydrogens (primary N) is 1. The molecule has 1 saturated heterocycles. The Morgan fingerprint density at radius 1 is 1.32 bits per heavy atom. The zero-order valence-electron chi connectivity index (χ0n) is 13.6. The molecule has 2 aliphatic heterocycles. The van der Waals surface area contributed by atoms with Crippen LogP contribution >= 0.6 is 0 Å². The summed E-state index contributed by atoms with van der Waals surface area (Å²) < 4.78 is 11.7. The van der Waals surface area contributed by atoms with E-state index in [9.17, 15) is 0 Å². The van der Waals surface area contributed by atoms with Gasteiger partial charge in [0.05, 0.1) is 12.6 Å². The first-order chi connectivity index (χ1) is 10.8. The number of hydrogen-bond acceptors (Lipinski definition) is 4.